The molecule has 118 valence electrons. The maximum Gasteiger partial charge on any atom is 0.0645 e. The van der Waals surface area contributed by atoms with Crippen molar-refractivity contribution in [3.05, 3.63) is 35.4 Å². The molecule has 3 nitrogen and oxygen atoms in total. The topological polar surface area (TPSA) is 24.5 Å². The van der Waals surface area contributed by atoms with E-state index in [2.05, 4.69) is 62.3 Å². The summed E-state index contributed by atoms with van der Waals surface area (Å²) >= 11 is 0. The van der Waals surface area contributed by atoms with E-state index in [1.165, 1.54) is 24.0 Å². The molecule has 21 heavy (non-hydrogen) atoms. The van der Waals surface area contributed by atoms with Crippen molar-refractivity contribution in [1.29, 1.82) is 0 Å². The van der Waals surface area contributed by atoms with Gasteiger partial charge in [-0.1, -0.05) is 37.6 Å². The Bertz CT molecular complexity index is 427. The van der Waals surface area contributed by atoms with Crippen LogP contribution in [0.25, 0.3) is 0 Å². The molecule has 1 saturated heterocycles. The van der Waals surface area contributed by atoms with Crippen LogP contribution in [0, 0.1) is 0 Å². The second-order valence-corrected chi connectivity index (χ2v) is 6.64. The van der Waals surface area contributed by atoms with Crippen molar-refractivity contribution in [2.45, 2.75) is 45.2 Å². The highest BCUT2D eigenvalue weighted by atomic mass is 16.5. The quantitative estimate of drug-likeness (QED) is 0.871. The Morgan fingerprint density at radius 2 is 2.00 bits per heavy atom. The van der Waals surface area contributed by atoms with Crippen LogP contribution in [0.3, 0.4) is 0 Å². The van der Waals surface area contributed by atoms with Crippen molar-refractivity contribution >= 4 is 0 Å². The Morgan fingerprint density at radius 1 is 1.29 bits per heavy atom. The van der Waals surface area contributed by atoms with E-state index < -0.39 is 0 Å². The van der Waals surface area contributed by atoms with Gasteiger partial charge in [-0.25, -0.2) is 0 Å². The monoisotopic (exact) mass is 290 g/mol. The number of nitrogens with zero attached hydrogens (tertiary/aromatic N) is 1. The zero-order chi connectivity index (χ0) is 15.3. The lowest BCUT2D eigenvalue weighted by atomic mass is 9.98. The van der Waals surface area contributed by atoms with Gasteiger partial charge in [0.05, 0.1) is 13.2 Å². The van der Waals surface area contributed by atoms with Crippen molar-refractivity contribution < 1.29 is 4.74 Å². The molecule has 2 rings (SSSR count). The summed E-state index contributed by atoms with van der Waals surface area (Å²) in [6, 6.07) is 9.47. The fourth-order valence-electron chi connectivity index (χ4n) is 3.02. The molecule has 1 aliphatic rings. The molecule has 1 fully saturated rings. The summed E-state index contributed by atoms with van der Waals surface area (Å²) in [6.45, 7) is 10.5. The molecule has 1 aromatic carbocycles. The molecule has 0 bridgehead atoms. The van der Waals surface area contributed by atoms with Gasteiger partial charge in [0.1, 0.15) is 0 Å². The lowest BCUT2D eigenvalue weighted by Gasteiger charge is -2.43. The summed E-state index contributed by atoms with van der Waals surface area (Å²) in [5, 5.41) is 3.47. The van der Waals surface area contributed by atoms with Gasteiger partial charge in [0.25, 0.3) is 0 Å². The van der Waals surface area contributed by atoms with Gasteiger partial charge in [0.15, 0.2) is 0 Å². The number of likely N-dealkylation sites (N-methyl/N-ethyl adjacent to an activating group) is 1. The van der Waals surface area contributed by atoms with E-state index in [1.807, 2.05) is 0 Å². The molecule has 0 spiro atoms. The molecule has 0 aliphatic carbocycles. The first kappa shape index (κ1) is 16.5. The molecule has 0 aromatic heterocycles. The lowest BCUT2D eigenvalue weighted by Crippen LogP contribution is -2.54. The van der Waals surface area contributed by atoms with Gasteiger partial charge in [0, 0.05) is 24.7 Å². The van der Waals surface area contributed by atoms with Crippen LogP contribution in [0.5, 0.6) is 0 Å². The highest BCUT2D eigenvalue weighted by Gasteiger charge is 2.31. The molecule has 0 saturated carbocycles. The van der Waals surface area contributed by atoms with E-state index in [1.54, 1.807) is 0 Å². The number of hydrogen-bond acceptors (Lipinski definition) is 3. The van der Waals surface area contributed by atoms with E-state index >= 15 is 0 Å². The Hall–Kier alpha value is -0.900. The standard InChI is InChI=1S/C18H30N2O/c1-5-6-15-7-9-16(10-8-15)17(19-4)13-20-11-12-21-14-18(20,2)3/h7-10,17,19H,5-6,11-14H2,1-4H3. The average molecular weight is 290 g/mol. The predicted molar refractivity (Wildman–Crippen MR) is 88.7 cm³/mol. The zero-order valence-electron chi connectivity index (χ0n) is 14.0. The molecule has 1 unspecified atom stereocenters. The molecule has 1 aromatic rings. The molecular weight excluding hydrogens is 260 g/mol. The molecule has 1 aliphatic heterocycles. The second-order valence-electron chi connectivity index (χ2n) is 6.64. The van der Waals surface area contributed by atoms with Crippen LogP contribution in [-0.2, 0) is 11.2 Å². The van der Waals surface area contributed by atoms with Crippen molar-refractivity contribution in [2.24, 2.45) is 0 Å². The van der Waals surface area contributed by atoms with Crippen LogP contribution in [-0.4, -0.2) is 43.8 Å². The summed E-state index contributed by atoms with van der Waals surface area (Å²) in [6.07, 6.45) is 2.37. The highest BCUT2D eigenvalue weighted by molar-refractivity contribution is 5.25. The van der Waals surface area contributed by atoms with Crippen LogP contribution in [0.15, 0.2) is 24.3 Å². The number of hydrogen-bond donors (Lipinski definition) is 1. The van der Waals surface area contributed by atoms with Gasteiger partial charge in [-0.15, -0.1) is 0 Å². The van der Waals surface area contributed by atoms with Crippen molar-refractivity contribution in [1.82, 2.24) is 10.2 Å². The smallest absolute Gasteiger partial charge is 0.0645 e. The van der Waals surface area contributed by atoms with Gasteiger partial charge in [-0.3, -0.25) is 4.90 Å². The lowest BCUT2D eigenvalue weighted by molar-refractivity contribution is -0.0543. The van der Waals surface area contributed by atoms with E-state index in [-0.39, 0.29) is 5.54 Å². The third-order valence-corrected chi connectivity index (χ3v) is 4.49. The molecular formula is C18H30N2O. The number of nitrogens with one attached hydrogen (secondary N) is 1. The van der Waals surface area contributed by atoms with Gasteiger partial charge in [0.2, 0.25) is 0 Å². The van der Waals surface area contributed by atoms with Crippen molar-refractivity contribution in [3.8, 4) is 0 Å². The van der Waals surface area contributed by atoms with Crippen molar-refractivity contribution in [2.75, 3.05) is 33.4 Å². The number of ether oxygens (including phenoxy) is 1. The molecule has 3 heteroatoms. The maximum absolute atomic E-state index is 5.62. The molecule has 0 radical (unpaired) electrons. The molecule has 1 heterocycles. The predicted octanol–water partition coefficient (Wildman–Crippen LogP) is 3.01. The number of aryl methyl sites for hydroxylation is 1. The number of benzene rings is 1. The maximum atomic E-state index is 5.62. The first-order chi connectivity index (χ1) is 10.1. The molecule has 0 amide bonds. The van der Waals surface area contributed by atoms with Gasteiger partial charge < -0.3 is 10.1 Å². The Labute approximate surface area is 129 Å². The summed E-state index contributed by atoms with van der Waals surface area (Å²) in [5.74, 6) is 0. The summed E-state index contributed by atoms with van der Waals surface area (Å²) in [4.78, 5) is 2.54. The third kappa shape index (κ3) is 4.29. The van der Waals surface area contributed by atoms with E-state index in [4.69, 9.17) is 4.74 Å². The van der Waals surface area contributed by atoms with Crippen LogP contribution < -0.4 is 5.32 Å². The van der Waals surface area contributed by atoms with Gasteiger partial charge >= 0.3 is 0 Å². The van der Waals surface area contributed by atoms with Crippen LogP contribution >= 0.6 is 0 Å². The number of rotatable bonds is 6. The Morgan fingerprint density at radius 3 is 2.57 bits per heavy atom. The minimum Gasteiger partial charge on any atom is -0.378 e. The van der Waals surface area contributed by atoms with E-state index in [0.29, 0.717) is 6.04 Å². The van der Waals surface area contributed by atoms with Crippen LogP contribution in [0.1, 0.15) is 44.4 Å². The summed E-state index contributed by atoms with van der Waals surface area (Å²) < 4.78 is 5.62. The van der Waals surface area contributed by atoms with Crippen LogP contribution in [0.2, 0.25) is 0 Å². The Balaban J connectivity index is 2.05. The average Bonchev–Trinajstić information content (AvgIpc) is 2.47. The minimum atomic E-state index is 0.121. The fourth-order valence-corrected chi connectivity index (χ4v) is 3.02. The SMILES string of the molecule is CCCc1ccc(C(CN2CCOCC2(C)C)NC)cc1. The van der Waals surface area contributed by atoms with Gasteiger partial charge in [-0.2, -0.15) is 0 Å². The van der Waals surface area contributed by atoms with Crippen LogP contribution in [0.4, 0.5) is 0 Å². The Kier molecular flexibility index (Phi) is 5.80. The second kappa shape index (κ2) is 7.39. The number of morpholine rings is 1. The molecule has 1 N–H and O–H groups in total. The fraction of sp³-hybridized carbons (Fsp3) is 0.667. The normalized spacial score (nSPS) is 20.4. The highest BCUT2D eigenvalue weighted by Crippen LogP contribution is 2.23. The molecule has 1 atom stereocenters. The van der Waals surface area contributed by atoms with Crippen molar-refractivity contribution in [3.63, 3.8) is 0 Å². The summed E-state index contributed by atoms with van der Waals surface area (Å²) in [7, 11) is 2.05. The first-order valence-electron chi connectivity index (χ1n) is 8.15. The van der Waals surface area contributed by atoms with Gasteiger partial charge in [-0.05, 0) is 38.4 Å². The largest absolute Gasteiger partial charge is 0.378 e. The van der Waals surface area contributed by atoms with E-state index in [0.717, 1.165) is 26.3 Å². The summed E-state index contributed by atoms with van der Waals surface area (Å²) in [5.41, 5.74) is 2.93. The zero-order valence-corrected chi connectivity index (χ0v) is 14.0. The third-order valence-electron chi connectivity index (χ3n) is 4.49. The van der Waals surface area contributed by atoms with E-state index in [9.17, 15) is 0 Å². The minimum absolute atomic E-state index is 0.121. The first-order valence-corrected chi connectivity index (χ1v) is 8.15.